The van der Waals surface area contributed by atoms with Gasteiger partial charge < -0.3 is 9.52 Å². The standard InChI is InChI=1S/C10H12F2O3/c1-5-3-7(6(2)15-5)8(10(11)12)4-9(13)14/h3,8,10H,4H2,1-2H3,(H,13,14). The van der Waals surface area contributed by atoms with Crippen LogP contribution in [0.1, 0.15) is 29.4 Å². The molecule has 1 heterocycles. The molecule has 1 aromatic heterocycles. The van der Waals surface area contributed by atoms with Crippen LogP contribution in [0.3, 0.4) is 0 Å². The van der Waals surface area contributed by atoms with Crippen molar-refractivity contribution in [2.75, 3.05) is 0 Å². The van der Waals surface area contributed by atoms with Gasteiger partial charge in [-0.2, -0.15) is 0 Å². The third-order valence-corrected chi connectivity index (χ3v) is 2.18. The van der Waals surface area contributed by atoms with Crippen LogP contribution in [0.2, 0.25) is 0 Å². The molecular weight excluding hydrogens is 206 g/mol. The third-order valence-electron chi connectivity index (χ3n) is 2.18. The predicted octanol–water partition coefficient (Wildman–Crippen LogP) is 2.72. The summed E-state index contributed by atoms with van der Waals surface area (Å²) in [5, 5.41) is 8.53. The highest BCUT2D eigenvalue weighted by atomic mass is 19.3. The Bertz CT molecular complexity index is 358. The van der Waals surface area contributed by atoms with E-state index >= 15 is 0 Å². The minimum absolute atomic E-state index is 0.282. The van der Waals surface area contributed by atoms with Crippen LogP contribution in [0.5, 0.6) is 0 Å². The summed E-state index contributed by atoms with van der Waals surface area (Å²) in [5.41, 5.74) is 0.282. The van der Waals surface area contributed by atoms with Crippen LogP contribution in [-0.4, -0.2) is 17.5 Å². The van der Waals surface area contributed by atoms with Crippen molar-refractivity contribution in [2.45, 2.75) is 32.6 Å². The molecule has 0 spiro atoms. The lowest BCUT2D eigenvalue weighted by Crippen LogP contribution is -2.14. The third kappa shape index (κ3) is 2.78. The van der Waals surface area contributed by atoms with Crippen LogP contribution >= 0.6 is 0 Å². The Balaban J connectivity index is 2.98. The normalized spacial score (nSPS) is 13.1. The molecule has 1 N–H and O–H groups in total. The Hall–Kier alpha value is -1.39. The number of furan rings is 1. The molecule has 0 radical (unpaired) electrons. The summed E-state index contributed by atoms with van der Waals surface area (Å²) in [6.07, 6.45) is -3.28. The van der Waals surface area contributed by atoms with Gasteiger partial charge in [0.05, 0.1) is 12.3 Å². The highest BCUT2D eigenvalue weighted by Crippen LogP contribution is 2.31. The van der Waals surface area contributed by atoms with E-state index in [-0.39, 0.29) is 5.56 Å². The van der Waals surface area contributed by atoms with Gasteiger partial charge in [0.25, 0.3) is 0 Å². The Morgan fingerprint density at radius 1 is 1.53 bits per heavy atom. The van der Waals surface area contributed by atoms with Crippen LogP contribution in [0.15, 0.2) is 10.5 Å². The number of carboxylic acid groups (broad SMARTS) is 1. The van der Waals surface area contributed by atoms with Gasteiger partial charge in [-0.1, -0.05) is 0 Å². The summed E-state index contributed by atoms with van der Waals surface area (Å²) in [6.45, 7) is 3.19. The number of hydrogen-bond acceptors (Lipinski definition) is 2. The minimum atomic E-state index is -2.70. The van der Waals surface area contributed by atoms with E-state index in [1.54, 1.807) is 13.8 Å². The Morgan fingerprint density at radius 3 is 2.47 bits per heavy atom. The molecule has 0 amide bonds. The summed E-state index contributed by atoms with van der Waals surface area (Å²) >= 11 is 0. The van der Waals surface area contributed by atoms with Gasteiger partial charge in [-0.3, -0.25) is 4.79 Å². The number of carboxylic acids is 1. The summed E-state index contributed by atoms with van der Waals surface area (Å²) in [4.78, 5) is 10.4. The molecule has 0 aromatic carbocycles. The van der Waals surface area contributed by atoms with Crippen LogP contribution in [0, 0.1) is 13.8 Å². The quantitative estimate of drug-likeness (QED) is 0.845. The molecule has 3 nitrogen and oxygen atoms in total. The predicted molar refractivity (Wildman–Crippen MR) is 49.2 cm³/mol. The summed E-state index contributed by atoms with van der Waals surface area (Å²) in [7, 11) is 0. The SMILES string of the molecule is Cc1cc(C(CC(=O)O)C(F)F)c(C)o1. The summed E-state index contributed by atoms with van der Waals surface area (Å²) in [6, 6.07) is 1.47. The van der Waals surface area contributed by atoms with E-state index in [0.717, 1.165) is 0 Å². The summed E-state index contributed by atoms with van der Waals surface area (Å²) in [5.74, 6) is -1.66. The lowest BCUT2D eigenvalue weighted by atomic mass is 9.96. The topological polar surface area (TPSA) is 50.4 Å². The van der Waals surface area contributed by atoms with Gasteiger partial charge in [-0.25, -0.2) is 8.78 Å². The van der Waals surface area contributed by atoms with Gasteiger partial charge in [0, 0.05) is 5.56 Å². The van der Waals surface area contributed by atoms with Crippen molar-refractivity contribution in [3.63, 3.8) is 0 Å². The van der Waals surface area contributed by atoms with Gasteiger partial charge in [0.1, 0.15) is 11.5 Å². The van der Waals surface area contributed by atoms with Gasteiger partial charge >= 0.3 is 5.97 Å². The molecule has 0 bridgehead atoms. The second-order valence-electron chi connectivity index (χ2n) is 3.41. The fraction of sp³-hybridized carbons (Fsp3) is 0.500. The van der Waals surface area contributed by atoms with Crippen molar-refractivity contribution in [1.82, 2.24) is 0 Å². The Labute approximate surface area is 85.7 Å². The molecule has 1 rings (SSSR count). The maximum absolute atomic E-state index is 12.6. The zero-order valence-electron chi connectivity index (χ0n) is 8.46. The van der Waals surface area contributed by atoms with Crippen molar-refractivity contribution in [3.05, 3.63) is 23.2 Å². The van der Waals surface area contributed by atoms with Crippen molar-refractivity contribution >= 4 is 5.97 Å². The molecule has 84 valence electrons. The minimum Gasteiger partial charge on any atom is -0.481 e. The average molecular weight is 218 g/mol. The zero-order valence-corrected chi connectivity index (χ0v) is 8.46. The van der Waals surface area contributed by atoms with E-state index in [9.17, 15) is 13.6 Å². The molecule has 0 fully saturated rings. The fourth-order valence-electron chi connectivity index (χ4n) is 1.54. The molecule has 0 saturated carbocycles. The fourth-order valence-corrected chi connectivity index (χ4v) is 1.54. The van der Waals surface area contributed by atoms with Gasteiger partial charge in [-0.05, 0) is 19.9 Å². The Morgan fingerprint density at radius 2 is 2.13 bits per heavy atom. The number of halogens is 2. The second-order valence-corrected chi connectivity index (χ2v) is 3.41. The van der Waals surface area contributed by atoms with Crippen molar-refractivity contribution in [1.29, 1.82) is 0 Å². The number of rotatable bonds is 4. The van der Waals surface area contributed by atoms with Crippen molar-refractivity contribution in [2.24, 2.45) is 0 Å². The van der Waals surface area contributed by atoms with E-state index in [1.807, 2.05) is 0 Å². The molecule has 15 heavy (non-hydrogen) atoms. The number of carbonyl (C=O) groups is 1. The van der Waals surface area contributed by atoms with Crippen LogP contribution in [-0.2, 0) is 4.79 Å². The van der Waals surface area contributed by atoms with E-state index < -0.39 is 24.7 Å². The van der Waals surface area contributed by atoms with Crippen LogP contribution in [0.4, 0.5) is 8.78 Å². The van der Waals surface area contributed by atoms with E-state index in [0.29, 0.717) is 11.5 Å². The molecule has 0 aliphatic rings. The highest BCUT2D eigenvalue weighted by Gasteiger charge is 2.28. The molecule has 1 atom stereocenters. The van der Waals surface area contributed by atoms with Gasteiger partial charge in [0.15, 0.2) is 0 Å². The van der Waals surface area contributed by atoms with Crippen LogP contribution < -0.4 is 0 Å². The molecule has 1 unspecified atom stereocenters. The molecule has 0 aliphatic heterocycles. The second kappa shape index (κ2) is 4.42. The summed E-state index contributed by atoms with van der Waals surface area (Å²) < 4.78 is 30.4. The number of hydrogen-bond donors (Lipinski definition) is 1. The van der Waals surface area contributed by atoms with E-state index in [4.69, 9.17) is 9.52 Å². The molecule has 0 saturated heterocycles. The Kier molecular flexibility index (Phi) is 3.44. The maximum Gasteiger partial charge on any atom is 0.304 e. The first kappa shape index (κ1) is 11.7. The van der Waals surface area contributed by atoms with Crippen LogP contribution in [0.25, 0.3) is 0 Å². The van der Waals surface area contributed by atoms with Gasteiger partial charge in [0.2, 0.25) is 6.43 Å². The molecule has 1 aromatic rings. The highest BCUT2D eigenvalue weighted by molar-refractivity contribution is 5.68. The first-order valence-electron chi connectivity index (χ1n) is 4.48. The largest absolute Gasteiger partial charge is 0.481 e. The number of aryl methyl sites for hydroxylation is 2. The first-order chi connectivity index (χ1) is 6.91. The van der Waals surface area contributed by atoms with Gasteiger partial charge in [-0.15, -0.1) is 0 Å². The zero-order chi connectivity index (χ0) is 11.6. The van der Waals surface area contributed by atoms with E-state index in [1.165, 1.54) is 6.07 Å². The molecule has 5 heteroatoms. The maximum atomic E-state index is 12.6. The monoisotopic (exact) mass is 218 g/mol. The first-order valence-corrected chi connectivity index (χ1v) is 4.48. The number of alkyl halides is 2. The lowest BCUT2D eigenvalue weighted by Gasteiger charge is -2.12. The van der Waals surface area contributed by atoms with Crippen molar-refractivity contribution in [3.8, 4) is 0 Å². The lowest BCUT2D eigenvalue weighted by molar-refractivity contribution is -0.138. The molecular formula is C10H12F2O3. The average Bonchev–Trinajstić information content (AvgIpc) is 2.40. The number of aliphatic carboxylic acids is 1. The smallest absolute Gasteiger partial charge is 0.304 e. The van der Waals surface area contributed by atoms with E-state index in [2.05, 4.69) is 0 Å². The van der Waals surface area contributed by atoms with Crippen molar-refractivity contribution < 1.29 is 23.1 Å². The molecule has 0 aliphatic carbocycles.